The lowest BCUT2D eigenvalue weighted by Crippen LogP contribution is -2.51. The molecule has 1 heterocycles. The molecule has 0 aromatic heterocycles. The second-order valence-corrected chi connectivity index (χ2v) is 4.11. The van der Waals surface area contributed by atoms with Crippen molar-refractivity contribution in [1.29, 1.82) is 0 Å². The van der Waals surface area contributed by atoms with Gasteiger partial charge in [-0.25, -0.2) is 0 Å². The van der Waals surface area contributed by atoms with E-state index in [-0.39, 0.29) is 12.1 Å². The van der Waals surface area contributed by atoms with Crippen molar-refractivity contribution in [1.82, 2.24) is 4.90 Å². The van der Waals surface area contributed by atoms with E-state index in [1.807, 2.05) is 6.92 Å². The first-order valence-corrected chi connectivity index (χ1v) is 5.68. The van der Waals surface area contributed by atoms with Crippen molar-refractivity contribution in [2.24, 2.45) is 0 Å². The van der Waals surface area contributed by atoms with Crippen molar-refractivity contribution in [2.75, 3.05) is 20.3 Å². The van der Waals surface area contributed by atoms with Gasteiger partial charge in [-0.15, -0.1) is 0 Å². The molecular formula is C11H21NO3. The van der Waals surface area contributed by atoms with Crippen molar-refractivity contribution in [3.63, 3.8) is 0 Å². The Labute approximate surface area is 91.2 Å². The maximum atomic E-state index is 11.1. The van der Waals surface area contributed by atoms with Gasteiger partial charge in [-0.3, -0.25) is 9.69 Å². The lowest BCUT2D eigenvalue weighted by molar-refractivity contribution is -0.145. The number of methoxy groups -OCH3 is 1. The quantitative estimate of drug-likeness (QED) is 0.752. The first-order valence-electron chi connectivity index (χ1n) is 5.68. The fraction of sp³-hybridized carbons (Fsp3) is 0.909. The van der Waals surface area contributed by atoms with Gasteiger partial charge < -0.3 is 9.84 Å². The zero-order valence-corrected chi connectivity index (χ0v) is 9.61. The molecule has 1 saturated heterocycles. The molecule has 1 N–H and O–H groups in total. The molecule has 1 aliphatic rings. The minimum absolute atomic E-state index is 0.282. The fourth-order valence-electron chi connectivity index (χ4n) is 2.36. The predicted molar refractivity (Wildman–Crippen MR) is 57.9 cm³/mol. The van der Waals surface area contributed by atoms with Crippen LogP contribution in [0, 0.1) is 0 Å². The second-order valence-electron chi connectivity index (χ2n) is 4.11. The summed E-state index contributed by atoms with van der Waals surface area (Å²) in [5, 5.41) is 9.13. The van der Waals surface area contributed by atoms with E-state index >= 15 is 0 Å². The Morgan fingerprint density at radius 3 is 2.87 bits per heavy atom. The smallest absolute Gasteiger partial charge is 0.320 e. The number of carboxylic acids is 1. The van der Waals surface area contributed by atoms with Crippen molar-refractivity contribution < 1.29 is 14.6 Å². The molecule has 1 rings (SSSR count). The molecular weight excluding hydrogens is 194 g/mol. The van der Waals surface area contributed by atoms with Crippen LogP contribution in [0.3, 0.4) is 0 Å². The van der Waals surface area contributed by atoms with Gasteiger partial charge in [0.05, 0.1) is 6.61 Å². The molecule has 0 spiro atoms. The Morgan fingerprint density at radius 2 is 2.33 bits per heavy atom. The molecule has 0 aliphatic carbocycles. The summed E-state index contributed by atoms with van der Waals surface area (Å²) in [7, 11) is 1.68. The maximum Gasteiger partial charge on any atom is 0.320 e. The van der Waals surface area contributed by atoms with Gasteiger partial charge in [0.1, 0.15) is 6.04 Å². The number of hydrogen-bond donors (Lipinski definition) is 1. The van der Waals surface area contributed by atoms with Crippen LogP contribution in [-0.4, -0.2) is 48.3 Å². The van der Waals surface area contributed by atoms with Gasteiger partial charge in [0.25, 0.3) is 0 Å². The Balaban J connectivity index is 2.64. The highest BCUT2D eigenvalue weighted by molar-refractivity contribution is 5.73. The summed E-state index contributed by atoms with van der Waals surface area (Å²) in [5.74, 6) is -0.708. The molecule has 15 heavy (non-hydrogen) atoms. The van der Waals surface area contributed by atoms with Crippen LogP contribution in [0.4, 0.5) is 0 Å². The molecule has 0 aromatic carbocycles. The zero-order chi connectivity index (χ0) is 11.3. The monoisotopic (exact) mass is 215 g/mol. The molecule has 1 fully saturated rings. The van der Waals surface area contributed by atoms with Crippen LogP contribution in [0.2, 0.25) is 0 Å². The minimum Gasteiger partial charge on any atom is -0.480 e. The van der Waals surface area contributed by atoms with Crippen LogP contribution < -0.4 is 0 Å². The Hall–Kier alpha value is -0.610. The number of aliphatic carboxylic acids is 1. The summed E-state index contributed by atoms with van der Waals surface area (Å²) in [5.41, 5.74) is 0. The van der Waals surface area contributed by atoms with Gasteiger partial charge >= 0.3 is 5.97 Å². The van der Waals surface area contributed by atoms with Gasteiger partial charge in [0.2, 0.25) is 0 Å². The van der Waals surface area contributed by atoms with Crippen molar-refractivity contribution in [2.45, 2.75) is 44.7 Å². The summed E-state index contributed by atoms with van der Waals surface area (Å²) in [4.78, 5) is 13.2. The summed E-state index contributed by atoms with van der Waals surface area (Å²) in [6.45, 7) is 3.46. The van der Waals surface area contributed by atoms with Crippen LogP contribution in [0.1, 0.15) is 32.6 Å². The predicted octanol–water partition coefficient (Wildman–Crippen LogP) is 1.35. The van der Waals surface area contributed by atoms with Crippen molar-refractivity contribution in [3.8, 4) is 0 Å². The van der Waals surface area contributed by atoms with Gasteiger partial charge in [0.15, 0.2) is 0 Å². The zero-order valence-electron chi connectivity index (χ0n) is 9.61. The molecule has 4 nitrogen and oxygen atoms in total. The van der Waals surface area contributed by atoms with E-state index in [1.54, 1.807) is 7.11 Å². The first-order chi connectivity index (χ1) is 7.20. The Bertz CT molecular complexity index is 206. The highest BCUT2D eigenvalue weighted by Gasteiger charge is 2.31. The van der Waals surface area contributed by atoms with Crippen LogP contribution in [0.15, 0.2) is 0 Å². The number of rotatable bonds is 5. The van der Waals surface area contributed by atoms with Crippen LogP contribution in [0.25, 0.3) is 0 Å². The number of nitrogens with zero attached hydrogens (tertiary/aromatic N) is 1. The highest BCUT2D eigenvalue weighted by Crippen LogP contribution is 2.21. The topological polar surface area (TPSA) is 49.8 Å². The molecule has 1 aliphatic heterocycles. The SMILES string of the molecule is CCC(C(=O)O)N1CCCCC1COC. The average Bonchev–Trinajstić information content (AvgIpc) is 2.21. The van der Waals surface area contributed by atoms with Crippen molar-refractivity contribution >= 4 is 5.97 Å². The number of likely N-dealkylation sites (tertiary alicyclic amines) is 1. The van der Waals surface area contributed by atoms with Gasteiger partial charge in [-0.1, -0.05) is 13.3 Å². The summed E-state index contributed by atoms with van der Waals surface area (Å²) >= 11 is 0. The molecule has 2 atom stereocenters. The molecule has 0 radical (unpaired) electrons. The van der Waals surface area contributed by atoms with E-state index in [1.165, 1.54) is 6.42 Å². The molecule has 0 saturated carbocycles. The molecule has 88 valence electrons. The van der Waals surface area contributed by atoms with E-state index in [9.17, 15) is 4.79 Å². The number of piperidine rings is 1. The summed E-state index contributed by atoms with van der Waals surface area (Å²) < 4.78 is 5.15. The molecule has 0 bridgehead atoms. The van der Waals surface area contributed by atoms with Crippen LogP contribution in [-0.2, 0) is 9.53 Å². The van der Waals surface area contributed by atoms with Gasteiger partial charge in [0, 0.05) is 13.2 Å². The number of carboxylic acid groups (broad SMARTS) is 1. The fourth-order valence-corrected chi connectivity index (χ4v) is 2.36. The largest absolute Gasteiger partial charge is 0.480 e. The first kappa shape index (κ1) is 12.5. The standard InChI is InChI=1S/C11H21NO3/c1-3-10(11(13)14)12-7-5-4-6-9(12)8-15-2/h9-10H,3-8H2,1-2H3,(H,13,14). The average molecular weight is 215 g/mol. The summed E-state index contributed by atoms with van der Waals surface area (Å²) in [6.07, 6.45) is 4.00. The third kappa shape index (κ3) is 3.18. The Kier molecular flexibility index (Phi) is 5.05. The highest BCUT2D eigenvalue weighted by atomic mass is 16.5. The van der Waals surface area contributed by atoms with E-state index in [0.717, 1.165) is 19.4 Å². The van der Waals surface area contributed by atoms with Gasteiger partial charge in [-0.2, -0.15) is 0 Å². The van der Waals surface area contributed by atoms with E-state index in [2.05, 4.69) is 4.90 Å². The summed E-state index contributed by atoms with van der Waals surface area (Å²) in [6, 6.07) is -0.0600. The van der Waals surface area contributed by atoms with Gasteiger partial charge in [-0.05, 0) is 25.8 Å². The molecule has 0 amide bonds. The van der Waals surface area contributed by atoms with E-state index < -0.39 is 5.97 Å². The maximum absolute atomic E-state index is 11.1. The van der Waals surface area contributed by atoms with E-state index in [0.29, 0.717) is 13.0 Å². The lowest BCUT2D eigenvalue weighted by Gasteiger charge is -2.38. The van der Waals surface area contributed by atoms with Crippen molar-refractivity contribution in [3.05, 3.63) is 0 Å². The van der Waals surface area contributed by atoms with Crippen LogP contribution in [0.5, 0.6) is 0 Å². The number of ether oxygens (including phenoxy) is 1. The third-order valence-corrected chi connectivity index (χ3v) is 3.10. The van der Waals surface area contributed by atoms with E-state index in [4.69, 9.17) is 9.84 Å². The lowest BCUT2D eigenvalue weighted by atomic mass is 9.99. The third-order valence-electron chi connectivity index (χ3n) is 3.10. The second kappa shape index (κ2) is 6.08. The van der Waals surface area contributed by atoms with Crippen LogP contribution >= 0.6 is 0 Å². The number of carbonyl (C=O) groups is 1. The molecule has 4 heteroatoms. The minimum atomic E-state index is -0.708. The Morgan fingerprint density at radius 1 is 1.60 bits per heavy atom. The normalized spacial score (nSPS) is 25.1. The molecule has 0 aromatic rings. The molecule has 2 unspecified atom stereocenters. The number of hydrogen-bond acceptors (Lipinski definition) is 3.